The molecule has 0 heterocycles. The highest BCUT2D eigenvalue weighted by molar-refractivity contribution is 8.23. The van der Waals surface area contributed by atoms with Crippen molar-refractivity contribution in [2.75, 3.05) is 14.1 Å². The van der Waals surface area contributed by atoms with Gasteiger partial charge in [-0.05, 0) is 37.8 Å². The number of nitrogens with zero attached hydrogens (tertiary/aromatic N) is 2. The summed E-state index contributed by atoms with van der Waals surface area (Å²) < 4.78 is 0.976. The Morgan fingerprint density at radius 3 is 2.39 bits per heavy atom. The molecule has 1 aromatic rings. The molecule has 0 unspecified atom stereocenters. The number of benzene rings is 1. The van der Waals surface area contributed by atoms with Gasteiger partial charge < -0.3 is 0 Å². The zero-order valence-electron chi connectivity index (χ0n) is 11.3. The molecular formula is C14H19N2S2+. The maximum atomic E-state index is 9.06. The van der Waals surface area contributed by atoms with Crippen LogP contribution >= 0.6 is 24.0 Å². The van der Waals surface area contributed by atoms with Crippen LogP contribution in [0.3, 0.4) is 0 Å². The van der Waals surface area contributed by atoms with Gasteiger partial charge in [0.25, 0.3) is 0 Å². The van der Waals surface area contributed by atoms with Crippen molar-refractivity contribution in [2.45, 2.75) is 25.1 Å². The fraction of sp³-hybridized carbons (Fsp3) is 0.429. The van der Waals surface area contributed by atoms with E-state index >= 15 is 0 Å². The number of thioether (sulfide) groups is 1. The van der Waals surface area contributed by atoms with Crippen molar-refractivity contribution in [3.63, 3.8) is 0 Å². The van der Waals surface area contributed by atoms with Gasteiger partial charge in [0.2, 0.25) is 4.32 Å². The lowest BCUT2D eigenvalue weighted by atomic mass is 10.2. The maximum Gasteiger partial charge on any atom is 0.234 e. The summed E-state index contributed by atoms with van der Waals surface area (Å²) in [6.07, 6.45) is 0. The van der Waals surface area contributed by atoms with E-state index in [1.807, 2.05) is 32.0 Å². The van der Waals surface area contributed by atoms with Gasteiger partial charge in [-0.25, -0.2) is 0 Å². The molecule has 0 saturated carbocycles. The minimum atomic E-state index is -0.469. The van der Waals surface area contributed by atoms with Gasteiger partial charge in [0.05, 0.1) is 20.2 Å². The van der Waals surface area contributed by atoms with Gasteiger partial charge >= 0.3 is 0 Å². The minimum absolute atomic E-state index is 0.469. The summed E-state index contributed by atoms with van der Waals surface area (Å²) in [5, 5.41) is 9.06. The second-order valence-electron chi connectivity index (χ2n) is 5.32. The van der Waals surface area contributed by atoms with Crippen molar-refractivity contribution in [2.24, 2.45) is 0 Å². The summed E-state index contributed by atoms with van der Waals surface area (Å²) in [6, 6.07) is 12.5. The fourth-order valence-corrected chi connectivity index (χ4v) is 2.95. The molecule has 0 fully saturated rings. The lowest BCUT2D eigenvalue weighted by Crippen LogP contribution is -2.43. The summed E-state index contributed by atoms with van der Waals surface area (Å²) in [5.41, 5.74) is 1.25. The molecule has 0 N–H and O–H groups in total. The molecule has 2 nitrogen and oxygen atoms in total. The predicted octanol–water partition coefficient (Wildman–Crippen LogP) is 3.58. The van der Waals surface area contributed by atoms with Crippen molar-refractivity contribution < 1.29 is 4.48 Å². The molecule has 1 rings (SSSR count). The van der Waals surface area contributed by atoms with Crippen LogP contribution in [-0.2, 0) is 6.54 Å². The monoisotopic (exact) mass is 279 g/mol. The summed E-state index contributed by atoms with van der Waals surface area (Å²) in [4.78, 5) is 0. The zero-order valence-corrected chi connectivity index (χ0v) is 12.9. The molecule has 0 atom stereocenters. The van der Waals surface area contributed by atoms with E-state index < -0.39 is 4.75 Å². The molecule has 0 spiro atoms. The molecule has 0 aliphatic heterocycles. The van der Waals surface area contributed by atoms with Gasteiger partial charge in [0, 0.05) is 5.56 Å². The molecule has 96 valence electrons. The third-order valence-electron chi connectivity index (χ3n) is 2.53. The van der Waals surface area contributed by atoms with Crippen LogP contribution in [0, 0.1) is 11.3 Å². The average Bonchev–Trinajstić information content (AvgIpc) is 2.29. The van der Waals surface area contributed by atoms with E-state index in [0.717, 1.165) is 10.9 Å². The Kier molecular flexibility index (Phi) is 4.92. The van der Waals surface area contributed by atoms with Gasteiger partial charge in [0.1, 0.15) is 11.3 Å². The van der Waals surface area contributed by atoms with E-state index in [9.17, 15) is 0 Å². The molecule has 0 aliphatic rings. The molecule has 4 heteroatoms. The van der Waals surface area contributed by atoms with E-state index in [-0.39, 0.29) is 0 Å². The van der Waals surface area contributed by atoms with Crippen LogP contribution in [0.1, 0.15) is 19.4 Å². The largest absolute Gasteiger partial charge is 0.277 e. The smallest absolute Gasteiger partial charge is 0.234 e. The van der Waals surface area contributed by atoms with Crippen LogP contribution in [0.5, 0.6) is 0 Å². The first-order valence-corrected chi connectivity index (χ1v) is 7.01. The van der Waals surface area contributed by atoms with E-state index in [1.165, 1.54) is 17.3 Å². The Hall–Kier alpha value is -0.890. The Morgan fingerprint density at radius 1 is 1.33 bits per heavy atom. The first kappa shape index (κ1) is 15.2. The highest BCUT2D eigenvalue weighted by atomic mass is 32.2. The Morgan fingerprint density at radius 2 is 1.89 bits per heavy atom. The lowest BCUT2D eigenvalue weighted by Gasteiger charge is -2.31. The van der Waals surface area contributed by atoms with Crippen LogP contribution in [0.2, 0.25) is 0 Å². The summed E-state index contributed by atoms with van der Waals surface area (Å²) in [6.45, 7) is 4.63. The van der Waals surface area contributed by atoms with Gasteiger partial charge in [0.15, 0.2) is 0 Å². The minimum Gasteiger partial charge on any atom is -0.277 e. The van der Waals surface area contributed by atoms with Crippen LogP contribution in [0.4, 0.5) is 0 Å². The second kappa shape index (κ2) is 5.83. The zero-order chi connectivity index (χ0) is 13.8. The lowest BCUT2D eigenvalue weighted by molar-refractivity contribution is -0.807. The summed E-state index contributed by atoms with van der Waals surface area (Å²) in [5.74, 6) is 0. The first-order chi connectivity index (χ1) is 8.27. The Bertz CT molecular complexity index is 458. The van der Waals surface area contributed by atoms with Crippen LogP contribution < -0.4 is 0 Å². The van der Waals surface area contributed by atoms with Crippen LogP contribution in [0.15, 0.2) is 30.3 Å². The van der Waals surface area contributed by atoms with E-state index in [4.69, 9.17) is 17.5 Å². The van der Waals surface area contributed by atoms with Crippen LogP contribution in [0.25, 0.3) is 0 Å². The van der Waals surface area contributed by atoms with E-state index in [2.05, 4.69) is 32.3 Å². The molecule has 0 radical (unpaired) electrons. The fourth-order valence-electron chi connectivity index (χ4n) is 1.47. The molecule has 18 heavy (non-hydrogen) atoms. The quantitative estimate of drug-likeness (QED) is 0.624. The number of hydrogen-bond acceptors (Lipinski definition) is 3. The summed E-state index contributed by atoms with van der Waals surface area (Å²) in [7, 11) is 4.16. The summed E-state index contributed by atoms with van der Waals surface area (Å²) >= 11 is 6.96. The van der Waals surface area contributed by atoms with Crippen molar-refractivity contribution in [3.8, 4) is 6.07 Å². The normalized spacial score (nSPS) is 11.9. The van der Waals surface area contributed by atoms with Crippen molar-refractivity contribution in [3.05, 3.63) is 35.9 Å². The number of rotatable bonds is 3. The highest BCUT2D eigenvalue weighted by Crippen LogP contribution is 2.29. The molecule has 0 aliphatic carbocycles. The molecule has 1 aromatic carbocycles. The Balaban J connectivity index is 2.75. The molecule has 0 aromatic heterocycles. The van der Waals surface area contributed by atoms with Crippen molar-refractivity contribution in [1.82, 2.24) is 0 Å². The van der Waals surface area contributed by atoms with Crippen molar-refractivity contribution >= 4 is 28.3 Å². The third-order valence-corrected chi connectivity index (χ3v) is 4.54. The topological polar surface area (TPSA) is 23.8 Å². The second-order valence-corrected chi connectivity index (χ2v) is 7.58. The van der Waals surface area contributed by atoms with E-state index in [1.54, 1.807) is 0 Å². The number of hydrogen-bond donors (Lipinski definition) is 0. The SMILES string of the molecule is CC(C)(C#N)SC(=S)[N+](C)(C)Cc1ccccc1. The molecular weight excluding hydrogens is 260 g/mol. The average molecular weight is 279 g/mol. The molecule has 0 bridgehead atoms. The molecule has 0 saturated heterocycles. The van der Waals surface area contributed by atoms with Crippen LogP contribution in [-0.4, -0.2) is 27.6 Å². The number of nitriles is 1. The first-order valence-electron chi connectivity index (χ1n) is 5.78. The number of quaternary nitrogens is 1. The standard InChI is InChI=1S/C14H19N2S2/c1-14(2,11-15)18-13(17)16(3,4)10-12-8-6-5-7-9-12/h5-9H,10H2,1-4H3/q+1. The predicted molar refractivity (Wildman–Crippen MR) is 82.1 cm³/mol. The van der Waals surface area contributed by atoms with Gasteiger partial charge in [-0.15, -0.1) is 0 Å². The maximum absolute atomic E-state index is 9.06. The molecule has 0 amide bonds. The van der Waals surface area contributed by atoms with Gasteiger partial charge in [-0.2, -0.15) is 5.26 Å². The third kappa shape index (κ3) is 4.41. The van der Waals surface area contributed by atoms with Crippen molar-refractivity contribution in [1.29, 1.82) is 5.26 Å². The Labute approximate surface area is 119 Å². The van der Waals surface area contributed by atoms with Gasteiger partial charge in [-0.1, -0.05) is 30.3 Å². The van der Waals surface area contributed by atoms with E-state index in [0.29, 0.717) is 4.48 Å². The number of thiocarbonyl (C=S) groups is 1. The van der Waals surface area contributed by atoms with Gasteiger partial charge in [-0.3, -0.25) is 4.48 Å². The highest BCUT2D eigenvalue weighted by Gasteiger charge is 2.30.